The third kappa shape index (κ3) is 18.8. The Morgan fingerprint density at radius 2 is 0.632 bits per heavy atom. The number of rotatable bonds is 0. The van der Waals surface area contributed by atoms with Gasteiger partial charge in [0.25, 0.3) is 0 Å². The van der Waals surface area contributed by atoms with Crippen molar-refractivity contribution >= 4 is 7.32 Å². The molecule has 102 valence electrons. The predicted molar refractivity (Wildman–Crippen MR) is 66.4 cm³/mol. The van der Waals surface area contributed by atoms with Gasteiger partial charge in [0.15, 0.2) is 0 Å². The molecule has 0 aromatic rings. The van der Waals surface area contributed by atoms with Crippen LogP contribution in [0.1, 0.15) is 0 Å². The van der Waals surface area contributed by atoms with E-state index in [-0.39, 0.29) is 0 Å². The zero-order valence-electron chi connectivity index (χ0n) is 10.5. The van der Waals surface area contributed by atoms with E-state index in [1.807, 2.05) is 89.6 Å². The minimum atomic E-state index is -2.92. The maximum Gasteiger partial charge on any atom is 0.0973 e. The lowest BCUT2D eigenvalue weighted by atomic mass is 10.3. The largest absolute Gasteiger partial charge is 0.907 e. The van der Waals surface area contributed by atoms with Gasteiger partial charge in [0, 0.05) is 0 Å². The standard InChI is InChI=1S/3C4H5N.BO3/c3*1-2-4-5-3-1;2-1(3)4/h3*1-5H;/q;;;-3/p+3. The van der Waals surface area contributed by atoms with Crippen molar-refractivity contribution in [2.45, 2.75) is 0 Å². The van der Waals surface area contributed by atoms with Gasteiger partial charge in [-0.3, -0.25) is 23.3 Å². The van der Waals surface area contributed by atoms with E-state index in [9.17, 15) is 0 Å². The summed E-state index contributed by atoms with van der Waals surface area (Å²) in [6.45, 7) is 0. The van der Waals surface area contributed by atoms with Gasteiger partial charge in [-0.05, 0) is 36.5 Å². The first-order chi connectivity index (χ1) is 9.23. The maximum atomic E-state index is 8.42. The lowest BCUT2D eigenvalue weighted by Crippen LogP contribution is -2.69. The van der Waals surface area contributed by atoms with E-state index in [0.717, 1.165) is 0 Å². The molecule has 0 bridgehead atoms. The normalized spacial score (nSPS) is 15.3. The van der Waals surface area contributed by atoms with Crippen LogP contribution in [0.4, 0.5) is 0 Å². The summed E-state index contributed by atoms with van der Waals surface area (Å²) < 4.78 is 0. The molecule has 0 unspecified atom stereocenters. The molecule has 0 fully saturated rings. The SMILES string of the molecule is C1=C[NH2+]C=C1.C1=C[NH2+]C=C1.C1=C[NH2+]C=C1.[O-]B([O-])[O-]. The Hall–Kier alpha value is -1.74. The molecule has 7 heteroatoms. The fraction of sp³-hybridized carbons (Fsp3) is 0. The van der Waals surface area contributed by atoms with Crippen LogP contribution in [0.15, 0.2) is 73.7 Å². The van der Waals surface area contributed by atoms with Gasteiger partial charge < -0.3 is 15.1 Å². The van der Waals surface area contributed by atoms with Gasteiger partial charge in [0.1, 0.15) is 0 Å². The highest BCUT2D eigenvalue weighted by molar-refractivity contribution is 6.24. The fourth-order valence-electron chi connectivity index (χ4n) is 0.962. The smallest absolute Gasteiger partial charge is 0.0973 e. The molecule has 6 N–H and O–H groups in total. The Morgan fingerprint density at radius 1 is 0.474 bits per heavy atom. The highest BCUT2D eigenvalue weighted by Gasteiger charge is 1.76. The van der Waals surface area contributed by atoms with Crippen LogP contribution in [-0.2, 0) is 0 Å². The molecular weight excluding hydrogens is 245 g/mol. The predicted octanol–water partition coefficient (Wildman–Crippen LogP) is -5.18. The van der Waals surface area contributed by atoms with E-state index in [4.69, 9.17) is 15.1 Å². The quantitative estimate of drug-likeness (QED) is 0.379. The van der Waals surface area contributed by atoms with Gasteiger partial charge in [-0.2, -0.15) is 0 Å². The number of quaternary nitrogens is 3. The second-order valence-electron chi connectivity index (χ2n) is 3.18. The Kier molecular flexibility index (Phi) is 13.0. The third-order valence-corrected chi connectivity index (χ3v) is 1.67. The first-order valence-corrected chi connectivity index (χ1v) is 5.71. The molecule has 6 nitrogen and oxygen atoms in total. The summed E-state index contributed by atoms with van der Waals surface area (Å²) in [5.74, 6) is 0. The summed E-state index contributed by atoms with van der Waals surface area (Å²) in [4.78, 5) is 0. The van der Waals surface area contributed by atoms with Crippen LogP contribution >= 0.6 is 0 Å². The van der Waals surface area contributed by atoms with Gasteiger partial charge in [0.2, 0.25) is 0 Å². The zero-order chi connectivity index (χ0) is 14.2. The molecule has 0 spiro atoms. The average Bonchev–Trinajstić information content (AvgIpc) is 3.18. The highest BCUT2D eigenvalue weighted by atomic mass is 16.5. The molecule has 3 rings (SSSR count). The lowest BCUT2D eigenvalue weighted by Gasteiger charge is -2.35. The van der Waals surface area contributed by atoms with Crippen molar-refractivity contribution in [1.29, 1.82) is 0 Å². The van der Waals surface area contributed by atoms with Crippen molar-refractivity contribution in [3.05, 3.63) is 73.7 Å². The van der Waals surface area contributed by atoms with Crippen molar-refractivity contribution in [2.24, 2.45) is 0 Å². The van der Waals surface area contributed by atoms with Crippen molar-refractivity contribution in [3.63, 3.8) is 0 Å². The average molecular weight is 263 g/mol. The minimum Gasteiger partial charge on any atom is -0.907 e. The number of hydrogen-bond acceptors (Lipinski definition) is 3. The molecular formula is C12H18BN3O3. The fourth-order valence-corrected chi connectivity index (χ4v) is 0.962. The van der Waals surface area contributed by atoms with Crippen LogP contribution < -0.4 is 31.0 Å². The first kappa shape index (κ1) is 17.3. The summed E-state index contributed by atoms with van der Waals surface area (Å²) in [7, 11) is -2.92. The van der Waals surface area contributed by atoms with E-state index >= 15 is 0 Å². The van der Waals surface area contributed by atoms with Crippen molar-refractivity contribution in [1.82, 2.24) is 0 Å². The molecule has 0 aromatic carbocycles. The molecule has 3 heterocycles. The van der Waals surface area contributed by atoms with Crippen LogP contribution in [0, 0.1) is 0 Å². The minimum absolute atomic E-state index is 2.00. The number of hydrogen-bond donors (Lipinski definition) is 3. The lowest BCUT2D eigenvalue weighted by molar-refractivity contribution is -0.510. The number of nitrogens with two attached hydrogens (primary N) is 3. The van der Waals surface area contributed by atoms with Crippen LogP contribution in [0.25, 0.3) is 0 Å². The third-order valence-electron chi connectivity index (χ3n) is 1.67. The molecule has 0 saturated heterocycles. The highest BCUT2D eigenvalue weighted by Crippen LogP contribution is 1.68. The summed E-state index contributed by atoms with van der Waals surface area (Å²) in [6.07, 6.45) is 24.0. The monoisotopic (exact) mass is 263 g/mol. The first-order valence-electron chi connectivity index (χ1n) is 5.71. The molecule has 3 aliphatic heterocycles. The molecule has 0 aliphatic carbocycles. The van der Waals surface area contributed by atoms with Gasteiger partial charge in [-0.1, -0.05) is 0 Å². The maximum absolute atomic E-state index is 8.42. The number of allylic oxidation sites excluding steroid dienone is 6. The summed E-state index contributed by atoms with van der Waals surface area (Å²) in [5, 5.41) is 31.2. The topological polar surface area (TPSA) is 119 Å². The Bertz CT molecular complexity index is 289. The summed E-state index contributed by atoms with van der Waals surface area (Å²) in [5.41, 5.74) is 0. The van der Waals surface area contributed by atoms with E-state index < -0.39 is 7.32 Å². The second-order valence-corrected chi connectivity index (χ2v) is 3.18. The van der Waals surface area contributed by atoms with Crippen molar-refractivity contribution < 1.29 is 31.0 Å². The Balaban J connectivity index is 0.000000229. The van der Waals surface area contributed by atoms with E-state index in [1.165, 1.54) is 0 Å². The summed E-state index contributed by atoms with van der Waals surface area (Å²) in [6, 6.07) is 0. The second kappa shape index (κ2) is 14.3. The van der Waals surface area contributed by atoms with E-state index in [2.05, 4.69) is 0 Å². The van der Waals surface area contributed by atoms with Crippen LogP contribution in [0.3, 0.4) is 0 Å². The van der Waals surface area contributed by atoms with Gasteiger partial charge in [0.05, 0.1) is 37.2 Å². The van der Waals surface area contributed by atoms with Crippen LogP contribution in [0.5, 0.6) is 0 Å². The zero-order valence-corrected chi connectivity index (χ0v) is 10.5. The van der Waals surface area contributed by atoms with Crippen LogP contribution in [0.2, 0.25) is 0 Å². The van der Waals surface area contributed by atoms with Gasteiger partial charge in [-0.25, -0.2) is 0 Å². The van der Waals surface area contributed by atoms with E-state index in [1.54, 1.807) is 0 Å². The van der Waals surface area contributed by atoms with Crippen molar-refractivity contribution in [3.8, 4) is 0 Å². The molecule has 0 radical (unpaired) electrons. The van der Waals surface area contributed by atoms with Crippen molar-refractivity contribution in [2.75, 3.05) is 0 Å². The summed E-state index contributed by atoms with van der Waals surface area (Å²) >= 11 is 0. The Morgan fingerprint density at radius 3 is 0.684 bits per heavy atom. The molecule has 0 saturated carbocycles. The molecule has 3 aliphatic rings. The van der Waals surface area contributed by atoms with Crippen LogP contribution in [-0.4, -0.2) is 7.32 Å². The molecule has 0 atom stereocenters. The van der Waals surface area contributed by atoms with Gasteiger partial charge in [-0.15, -0.1) is 0 Å². The molecule has 0 amide bonds. The van der Waals surface area contributed by atoms with E-state index in [0.29, 0.717) is 0 Å². The molecule has 0 aromatic heterocycles. The Labute approximate surface area is 113 Å². The van der Waals surface area contributed by atoms with Gasteiger partial charge >= 0.3 is 0 Å². The molecule has 19 heavy (non-hydrogen) atoms.